The zero-order valence-electron chi connectivity index (χ0n) is 11.2. The third-order valence-corrected chi connectivity index (χ3v) is 3.24. The van der Waals surface area contributed by atoms with Crippen molar-refractivity contribution >= 4 is 30.6 Å². The molecule has 3 nitrogen and oxygen atoms in total. The van der Waals surface area contributed by atoms with Gasteiger partial charge in [-0.25, -0.2) is 4.98 Å². The van der Waals surface area contributed by atoms with Crippen molar-refractivity contribution in [2.75, 3.05) is 31.1 Å². The van der Waals surface area contributed by atoms with Gasteiger partial charge in [0.15, 0.2) is 0 Å². The normalized spacial score (nSPS) is 14.1. The van der Waals surface area contributed by atoms with Gasteiger partial charge in [-0.2, -0.15) is 0 Å². The van der Waals surface area contributed by atoms with Crippen molar-refractivity contribution in [1.29, 1.82) is 0 Å². The number of hydrogen-bond acceptors (Lipinski definition) is 3. The highest BCUT2D eigenvalue weighted by atomic mass is 35.5. The van der Waals surface area contributed by atoms with Crippen LogP contribution in [0.25, 0.3) is 11.3 Å². The van der Waals surface area contributed by atoms with Crippen LogP contribution >= 0.6 is 24.8 Å². The summed E-state index contributed by atoms with van der Waals surface area (Å²) in [6.07, 6.45) is 0. The van der Waals surface area contributed by atoms with Gasteiger partial charge in [0, 0.05) is 31.7 Å². The minimum atomic E-state index is 0. The van der Waals surface area contributed by atoms with Gasteiger partial charge in [0.2, 0.25) is 0 Å². The van der Waals surface area contributed by atoms with Crippen LogP contribution in [0.4, 0.5) is 5.82 Å². The molecule has 0 radical (unpaired) electrons. The van der Waals surface area contributed by atoms with Crippen LogP contribution in [-0.2, 0) is 0 Å². The molecule has 0 aliphatic carbocycles. The number of pyridine rings is 1. The summed E-state index contributed by atoms with van der Waals surface area (Å²) in [5.74, 6) is 1.08. The molecule has 3 rings (SSSR count). The Kier molecular flexibility index (Phi) is 6.79. The first-order chi connectivity index (χ1) is 8.93. The van der Waals surface area contributed by atoms with E-state index in [1.54, 1.807) is 0 Å². The van der Waals surface area contributed by atoms with Gasteiger partial charge in [-0.3, -0.25) is 0 Å². The molecule has 1 saturated heterocycles. The molecule has 1 aliphatic heterocycles. The van der Waals surface area contributed by atoms with Crippen LogP contribution in [0.3, 0.4) is 0 Å². The molecule has 1 aromatic heterocycles. The summed E-state index contributed by atoms with van der Waals surface area (Å²) in [6, 6.07) is 16.6. The van der Waals surface area contributed by atoms with E-state index < -0.39 is 0 Å². The molecule has 20 heavy (non-hydrogen) atoms. The summed E-state index contributed by atoms with van der Waals surface area (Å²) in [4.78, 5) is 7.10. The SMILES string of the molecule is Cl.Cl.c1ccc(-c2cccc(N3CCNCC3)n2)cc1. The number of benzene rings is 1. The summed E-state index contributed by atoms with van der Waals surface area (Å²) in [5.41, 5.74) is 2.22. The van der Waals surface area contributed by atoms with Crippen molar-refractivity contribution in [3.63, 3.8) is 0 Å². The highest BCUT2D eigenvalue weighted by molar-refractivity contribution is 5.85. The number of piperazine rings is 1. The molecule has 1 N–H and O–H groups in total. The van der Waals surface area contributed by atoms with E-state index >= 15 is 0 Å². The van der Waals surface area contributed by atoms with E-state index in [1.165, 1.54) is 5.56 Å². The second-order valence-corrected chi connectivity index (χ2v) is 4.48. The minimum absolute atomic E-state index is 0. The van der Waals surface area contributed by atoms with Gasteiger partial charge >= 0.3 is 0 Å². The van der Waals surface area contributed by atoms with E-state index in [-0.39, 0.29) is 24.8 Å². The molecule has 0 amide bonds. The Morgan fingerprint density at radius 2 is 1.55 bits per heavy atom. The predicted octanol–water partition coefficient (Wildman–Crippen LogP) is 3.00. The van der Waals surface area contributed by atoms with Crippen molar-refractivity contribution in [2.24, 2.45) is 0 Å². The standard InChI is InChI=1S/C15H17N3.2ClH/c1-2-5-13(6-3-1)14-7-4-8-15(17-14)18-11-9-16-10-12-18;;/h1-8,16H,9-12H2;2*1H. The molecular weight excluding hydrogens is 293 g/mol. The van der Waals surface area contributed by atoms with Crippen molar-refractivity contribution in [2.45, 2.75) is 0 Å². The number of halogens is 2. The van der Waals surface area contributed by atoms with E-state index in [9.17, 15) is 0 Å². The van der Waals surface area contributed by atoms with Crippen molar-refractivity contribution < 1.29 is 0 Å². The molecule has 0 unspecified atom stereocenters. The lowest BCUT2D eigenvalue weighted by Gasteiger charge is -2.28. The number of aromatic nitrogens is 1. The quantitative estimate of drug-likeness (QED) is 0.924. The fourth-order valence-corrected chi connectivity index (χ4v) is 2.26. The fraction of sp³-hybridized carbons (Fsp3) is 0.267. The Bertz CT molecular complexity index is 514. The maximum atomic E-state index is 4.76. The highest BCUT2D eigenvalue weighted by Gasteiger charge is 2.11. The Hall–Kier alpha value is -1.29. The Morgan fingerprint density at radius 1 is 0.850 bits per heavy atom. The van der Waals surface area contributed by atoms with Crippen LogP contribution in [0.1, 0.15) is 0 Å². The van der Waals surface area contributed by atoms with Gasteiger partial charge in [-0.05, 0) is 12.1 Å². The van der Waals surface area contributed by atoms with Gasteiger partial charge in [0.05, 0.1) is 5.69 Å². The average molecular weight is 312 g/mol. The van der Waals surface area contributed by atoms with E-state index in [2.05, 4.69) is 52.7 Å². The summed E-state index contributed by atoms with van der Waals surface area (Å²) >= 11 is 0. The van der Waals surface area contributed by atoms with Gasteiger partial charge < -0.3 is 10.2 Å². The number of nitrogens with one attached hydrogen (secondary N) is 1. The van der Waals surface area contributed by atoms with Gasteiger partial charge in [-0.1, -0.05) is 36.4 Å². The molecule has 0 atom stereocenters. The maximum Gasteiger partial charge on any atom is 0.129 e. The molecular formula is C15H19Cl2N3. The van der Waals surface area contributed by atoms with E-state index in [4.69, 9.17) is 4.98 Å². The summed E-state index contributed by atoms with van der Waals surface area (Å²) in [7, 11) is 0. The molecule has 0 spiro atoms. The molecule has 5 heteroatoms. The van der Waals surface area contributed by atoms with Crippen molar-refractivity contribution in [3.05, 3.63) is 48.5 Å². The minimum Gasteiger partial charge on any atom is -0.354 e. The molecule has 0 bridgehead atoms. The largest absolute Gasteiger partial charge is 0.354 e. The topological polar surface area (TPSA) is 28.2 Å². The van der Waals surface area contributed by atoms with Crippen LogP contribution in [0.5, 0.6) is 0 Å². The first kappa shape index (κ1) is 16.8. The van der Waals surface area contributed by atoms with Gasteiger partial charge in [-0.15, -0.1) is 24.8 Å². The lowest BCUT2D eigenvalue weighted by molar-refractivity contribution is 0.585. The molecule has 1 aromatic carbocycles. The second kappa shape index (κ2) is 8.10. The number of rotatable bonds is 2. The maximum absolute atomic E-state index is 4.76. The zero-order chi connectivity index (χ0) is 12.2. The van der Waals surface area contributed by atoms with Gasteiger partial charge in [0.1, 0.15) is 5.82 Å². The zero-order valence-corrected chi connectivity index (χ0v) is 12.8. The average Bonchev–Trinajstić information content (AvgIpc) is 2.49. The molecule has 2 heterocycles. The molecule has 0 saturated carbocycles. The van der Waals surface area contributed by atoms with Crippen LogP contribution in [-0.4, -0.2) is 31.2 Å². The fourth-order valence-electron chi connectivity index (χ4n) is 2.26. The van der Waals surface area contributed by atoms with Crippen molar-refractivity contribution in [1.82, 2.24) is 10.3 Å². The van der Waals surface area contributed by atoms with E-state index in [0.29, 0.717) is 0 Å². The van der Waals surface area contributed by atoms with E-state index in [0.717, 1.165) is 37.7 Å². The third kappa shape index (κ3) is 3.85. The first-order valence-electron chi connectivity index (χ1n) is 6.42. The number of hydrogen-bond donors (Lipinski definition) is 1. The van der Waals surface area contributed by atoms with Crippen molar-refractivity contribution in [3.8, 4) is 11.3 Å². The molecule has 1 aliphatic rings. The van der Waals surface area contributed by atoms with Crippen LogP contribution in [0.15, 0.2) is 48.5 Å². The monoisotopic (exact) mass is 311 g/mol. The second-order valence-electron chi connectivity index (χ2n) is 4.48. The molecule has 2 aromatic rings. The van der Waals surface area contributed by atoms with Gasteiger partial charge in [0.25, 0.3) is 0 Å². The van der Waals surface area contributed by atoms with Crippen LogP contribution in [0, 0.1) is 0 Å². The van der Waals surface area contributed by atoms with Crippen LogP contribution < -0.4 is 10.2 Å². The number of anilines is 1. The highest BCUT2D eigenvalue weighted by Crippen LogP contribution is 2.20. The smallest absolute Gasteiger partial charge is 0.129 e. The number of nitrogens with zero attached hydrogens (tertiary/aromatic N) is 2. The van der Waals surface area contributed by atoms with Crippen LogP contribution in [0.2, 0.25) is 0 Å². The third-order valence-electron chi connectivity index (χ3n) is 3.24. The molecule has 108 valence electrons. The summed E-state index contributed by atoms with van der Waals surface area (Å²) < 4.78 is 0. The Labute approximate surface area is 132 Å². The lowest BCUT2D eigenvalue weighted by Crippen LogP contribution is -2.43. The Morgan fingerprint density at radius 3 is 2.25 bits per heavy atom. The van der Waals surface area contributed by atoms with E-state index in [1.807, 2.05) is 6.07 Å². The first-order valence-corrected chi connectivity index (χ1v) is 6.42. The lowest BCUT2D eigenvalue weighted by atomic mass is 10.1. The Balaban J connectivity index is 0.000001000. The summed E-state index contributed by atoms with van der Waals surface area (Å²) in [5, 5.41) is 3.36. The summed E-state index contributed by atoms with van der Waals surface area (Å²) in [6.45, 7) is 4.14. The molecule has 1 fully saturated rings. The predicted molar refractivity (Wildman–Crippen MR) is 89.3 cm³/mol.